The van der Waals surface area contributed by atoms with Gasteiger partial charge in [-0.25, -0.2) is 9.97 Å². The molecule has 0 saturated heterocycles. The first kappa shape index (κ1) is 14.4. The Morgan fingerprint density at radius 1 is 1.17 bits per heavy atom. The van der Waals surface area contributed by atoms with Crippen LogP contribution < -0.4 is 5.32 Å². The van der Waals surface area contributed by atoms with Crippen LogP contribution in [0.5, 0.6) is 0 Å². The molecule has 0 fully saturated rings. The summed E-state index contributed by atoms with van der Waals surface area (Å²) in [6, 6.07) is 9.78. The minimum absolute atomic E-state index is 0.487. The fourth-order valence-corrected chi connectivity index (χ4v) is 2.54. The van der Waals surface area contributed by atoms with Crippen molar-refractivity contribution >= 4 is 11.5 Å². The zero-order chi connectivity index (χ0) is 16.5. The number of imidazole rings is 1. The number of fused-ring (bicyclic) bond motifs is 1. The maximum absolute atomic E-state index is 5.19. The molecule has 7 nitrogen and oxygen atoms in total. The van der Waals surface area contributed by atoms with Gasteiger partial charge >= 0.3 is 0 Å². The van der Waals surface area contributed by atoms with Crippen LogP contribution in [0.2, 0.25) is 0 Å². The van der Waals surface area contributed by atoms with Crippen molar-refractivity contribution in [1.29, 1.82) is 0 Å². The highest BCUT2D eigenvalue weighted by molar-refractivity contribution is 5.57. The number of nitrogens with zero attached hydrogens (tertiary/aromatic N) is 5. The molecule has 4 heterocycles. The SMILES string of the molecule is Cc1noc(-c2ccnc(NCc3cn4c(C)cccc4n3)c2)n1. The van der Waals surface area contributed by atoms with Gasteiger partial charge in [0.1, 0.15) is 11.5 Å². The van der Waals surface area contributed by atoms with E-state index in [1.165, 1.54) is 0 Å². The van der Waals surface area contributed by atoms with Gasteiger partial charge < -0.3 is 14.2 Å². The van der Waals surface area contributed by atoms with E-state index < -0.39 is 0 Å². The Labute approximate surface area is 138 Å². The van der Waals surface area contributed by atoms with Gasteiger partial charge in [-0.2, -0.15) is 4.98 Å². The average molecular weight is 320 g/mol. The summed E-state index contributed by atoms with van der Waals surface area (Å²) < 4.78 is 7.26. The minimum atomic E-state index is 0.487. The predicted molar refractivity (Wildman–Crippen MR) is 89.5 cm³/mol. The largest absolute Gasteiger partial charge is 0.364 e. The third-order valence-corrected chi connectivity index (χ3v) is 3.73. The summed E-state index contributed by atoms with van der Waals surface area (Å²) in [7, 11) is 0. The van der Waals surface area contributed by atoms with E-state index in [4.69, 9.17) is 4.52 Å². The van der Waals surface area contributed by atoms with Crippen LogP contribution in [0.1, 0.15) is 17.2 Å². The summed E-state index contributed by atoms with van der Waals surface area (Å²) >= 11 is 0. The molecule has 0 bridgehead atoms. The molecule has 0 saturated carbocycles. The fourth-order valence-electron chi connectivity index (χ4n) is 2.54. The molecule has 0 spiro atoms. The monoisotopic (exact) mass is 320 g/mol. The molecule has 1 N–H and O–H groups in total. The summed E-state index contributed by atoms with van der Waals surface area (Å²) in [5.74, 6) is 1.83. The van der Waals surface area contributed by atoms with E-state index in [9.17, 15) is 0 Å². The maximum atomic E-state index is 5.19. The van der Waals surface area contributed by atoms with Crippen molar-refractivity contribution in [2.45, 2.75) is 20.4 Å². The molecule has 4 rings (SSSR count). The molecule has 0 aromatic carbocycles. The van der Waals surface area contributed by atoms with Gasteiger partial charge in [0.2, 0.25) is 0 Å². The second-order valence-corrected chi connectivity index (χ2v) is 5.56. The van der Waals surface area contributed by atoms with Crippen LogP contribution in [-0.4, -0.2) is 24.5 Å². The standard InChI is InChI=1S/C17H16N6O/c1-11-4-3-5-16-21-14(10-23(11)16)9-19-15-8-13(6-7-18-15)17-20-12(2)22-24-17/h3-8,10H,9H2,1-2H3,(H,18,19). The second kappa shape index (κ2) is 5.77. The van der Waals surface area contributed by atoms with Crippen molar-refractivity contribution in [3.05, 3.63) is 59.9 Å². The van der Waals surface area contributed by atoms with Crippen LogP contribution in [-0.2, 0) is 6.54 Å². The average Bonchev–Trinajstić information content (AvgIpc) is 3.20. The normalized spacial score (nSPS) is 11.1. The number of pyridine rings is 2. The summed E-state index contributed by atoms with van der Waals surface area (Å²) in [6.07, 6.45) is 3.74. The van der Waals surface area contributed by atoms with Crippen LogP contribution in [0.25, 0.3) is 17.1 Å². The molecule has 0 amide bonds. The molecular weight excluding hydrogens is 304 g/mol. The molecule has 7 heteroatoms. The van der Waals surface area contributed by atoms with E-state index in [-0.39, 0.29) is 0 Å². The molecule has 24 heavy (non-hydrogen) atoms. The molecule has 4 aromatic rings. The Morgan fingerprint density at radius 2 is 2.08 bits per heavy atom. The van der Waals surface area contributed by atoms with Gasteiger partial charge in [-0.15, -0.1) is 0 Å². The molecule has 0 aliphatic heterocycles. The Morgan fingerprint density at radius 3 is 2.88 bits per heavy atom. The van der Waals surface area contributed by atoms with Crippen molar-refractivity contribution in [2.75, 3.05) is 5.32 Å². The highest BCUT2D eigenvalue weighted by Gasteiger charge is 2.08. The van der Waals surface area contributed by atoms with Crippen molar-refractivity contribution in [1.82, 2.24) is 24.5 Å². The van der Waals surface area contributed by atoms with Gasteiger partial charge in [-0.3, -0.25) is 0 Å². The Balaban J connectivity index is 1.54. The molecule has 0 aliphatic rings. The van der Waals surface area contributed by atoms with Gasteiger partial charge in [-0.05, 0) is 38.1 Å². The van der Waals surface area contributed by atoms with Crippen LogP contribution in [0.4, 0.5) is 5.82 Å². The number of anilines is 1. The predicted octanol–water partition coefficient (Wildman–Crippen LogP) is 3.01. The first-order chi connectivity index (χ1) is 11.7. The van der Waals surface area contributed by atoms with Gasteiger partial charge in [0.25, 0.3) is 5.89 Å². The van der Waals surface area contributed by atoms with E-state index in [2.05, 4.69) is 42.8 Å². The van der Waals surface area contributed by atoms with Crippen LogP contribution in [0.3, 0.4) is 0 Å². The Hall–Kier alpha value is -3.22. The lowest BCUT2D eigenvalue weighted by Gasteiger charge is -2.04. The van der Waals surface area contributed by atoms with Crippen LogP contribution in [0.15, 0.2) is 47.2 Å². The third-order valence-electron chi connectivity index (χ3n) is 3.73. The van der Waals surface area contributed by atoms with E-state index in [1.807, 2.05) is 30.5 Å². The molecule has 0 atom stereocenters. The van der Waals surface area contributed by atoms with E-state index in [0.29, 0.717) is 18.3 Å². The zero-order valence-electron chi connectivity index (χ0n) is 13.4. The Kier molecular flexibility index (Phi) is 3.45. The number of nitrogens with one attached hydrogen (secondary N) is 1. The van der Waals surface area contributed by atoms with Crippen LogP contribution >= 0.6 is 0 Å². The van der Waals surface area contributed by atoms with Gasteiger partial charge in [0, 0.05) is 23.7 Å². The molecule has 0 radical (unpaired) electrons. The van der Waals surface area contributed by atoms with E-state index >= 15 is 0 Å². The summed E-state index contributed by atoms with van der Waals surface area (Å²) in [6.45, 7) is 4.43. The molecule has 4 aromatic heterocycles. The number of rotatable bonds is 4. The smallest absolute Gasteiger partial charge is 0.258 e. The zero-order valence-corrected chi connectivity index (χ0v) is 13.4. The summed E-state index contributed by atoms with van der Waals surface area (Å²) in [5, 5.41) is 7.09. The molecular formula is C17H16N6O. The second-order valence-electron chi connectivity index (χ2n) is 5.56. The van der Waals surface area contributed by atoms with Crippen LogP contribution in [0, 0.1) is 13.8 Å². The number of aromatic nitrogens is 5. The van der Waals surface area contributed by atoms with Crippen molar-refractivity contribution in [2.24, 2.45) is 0 Å². The topological polar surface area (TPSA) is 81.1 Å². The third kappa shape index (κ3) is 2.71. The molecule has 0 aliphatic carbocycles. The first-order valence-electron chi connectivity index (χ1n) is 7.63. The lowest BCUT2D eigenvalue weighted by Crippen LogP contribution is -2.01. The highest BCUT2D eigenvalue weighted by atomic mass is 16.5. The van der Waals surface area contributed by atoms with Gasteiger partial charge in [-0.1, -0.05) is 11.2 Å². The molecule has 0 unspecified atom stereocenters. The van der Waals surface area contributed by atoms with E-state index in [0.717, 1.165) is 28.4 Å². The minimum Gasteiger partial charge on any atom is -0.364 e. The lowest BCUT2D eigenvalue weighted by molar-refractivity contribution is 0.425. The van der Waals surface area contributed by atoms with Crippen molar-refractivity contribution in [3.63, 3.8) is 0 Å². The fraction of sp³-hybridized carbons (Fsp3) is 0.176. The van der Waals surface area contributed by atoms with Crippen molar-refractivity contribution < 1.29 is 4.52 Å². The van der Waals surface area contributed by atoms with E-state index in [1.54, 1.807) is 13.1 Å². The van der Waals surface area contributed by atoms with Crippen molar-refractivity contribution in [3.8, 4) is 11.5 Å². The molecule has 120 valence electrons. The number of hydrogen-bond acceptors (Lipinski definition) is 6. The van der Waals surface area contributed by atoms with Gasteiger partial charge in [0.05, 0.1) is 12.2 Å². The van der Waals surface area contributed by atoms with Gasteiger partial charge in [0.15, 0.2) is 5.82 Å². The summed E-state index contributed by atoms with van der Waals surface area (Å²) in [5.41, 5.74) is 3.87. The summed E-state index contributed by atoms with van der Waals surface area (Å²) in [4.78, 5) is 13.2. The highest BCUT2D eigenvalue weighted by Crippen LogP contribution is 2.19. The Bertz CT molecular complexity index is 1000. The quantitative estimate of drug-likeness (QED) is 0.622. The first-order valence-corrected chi connectivity index (χ1v) is 7.63. The lowest BCUT2D eigenvalue weighted by atomic mass is 10.2. The maximum Gasteiger partial charge on any atom is 0.258 e. The number of aryl methyl sites for hydroxylation is 2. The number of hydrogen-bond donors (Lipinski definition) is 1.